The number of halogens is 2. The summed E-state index contributed by atoms with van der Waals surface area (Å²) in [5, 5.41) is 4.15. The number of nitrogens with zero attached hydrogens (tertiary/aromatic N) is 3. The van der Waals surface area contributed by atoms with Crippen molar-refractivity contribution in [3.05, 3.63) is 140 Å². The highest BCUT2D eigenvalue weighted by atomic mass is 35.5. The Hall–Kier alpha value is -5.09. The molecule has 312 valence electrons. The van der Waals surface area contributed by atoms with Crippen molar-refractivity contribution in [3.8, 4) is 22.6 Å². The van der Waals surface area contributed by atoms with Crippen LogP contribution in [0.2, 0.25) is 10.0 Å². The first-order chi connectivity index (χ1) is 29.0. The van der Waals surface area contributed by atoms with Gasteiger partial charge in [-0.05, 0) is 127 Å². The van der Waals surface area contributed by atoms with Crippen molar-refractivity contribution in [2.24, 2.45) is 0 Å². The highest BCUT2D eigenvalue weighted by Crippen LogP contribution is 2.43. The zero-order chi connectivity index (χ0) is 42.1. The van der Waals surface area contributed by atoms with Gasteiger partial charge in [-0.3, -0.25) is 14.7 Å². The number of aryl methyl sites for hydroxylation is 1. The van der Waals surface area contributed by atoms with Gasteiger partial charge in [0.15, 0.2) is 0 Å². The number of ether oxygens (including phenoxy) is 3. The molecule has 1 aromatic heterocycles. The van der Waals surface area contributed by atoms with Crippen LogP contribution in [0.25, 0.3) is 11.1 Å². The van der Waals surface area contributed by atoms with E-state index in [2.05, 4.69) is 77.4 Å². The first-order valence-corrected chi connectivity index (χ1v) is 21.7. The highest BCUT2D eigenvalue weighted by molar-refractivity contribution is 6.42. The lowest BCUT2D eigenvalue weighted by Gasteiger charge is -2.37. The topological polar surface area (TPSA) is 93.2 Å². The van der Waals surface area contributed by atoms with Gasteiger partial charge in [0, 0.05) is 50.9 Å². The zero-order valence-electron chi connectivity index (χ0n) is 34.8. The van der Waals surface area contributed by atoms with Crippen molar-refractivity contribution >= 4 is 40.8 Å². The van der Waals surface area contributed by atoms with E-state index < -0.39 is 18.1 Å². The summed E-state index contributed by atoms with van der Waals surface area (Å²) in [7, 11) is 3.46. The lowest BCUT2D eigenvalue weighted by Crippen LogP contribution is -2.55. The lowest BCUT2D eigenvalue weighted by atomic mass is 9.91. The number of anilines is 1. The molecule has 0 radical (unpaired) electrons. The molecule has 5 aromatic rings. The van der Waals surface area contributed by atoms with Gasteiger partial charge >= 0.3 is 5.97 Å². The van der Waals surface area contributed by atoms with Crippen molar-refractivity contribution < 1.29 is 23.8 Å². The number of benzene rings is 4. The van der Waals surface area contributed by atoms with Gasteiger partial charge < -0.3 is 24.4 Å². The fourth-order valence-corrected chi connectivity index (χ4v) is 8.87. The summed E-state index contributed by atoms with van der Waals surface area (Å²) in [6.07, 6.45) is 6.05. The number of carbonyl (C=O) groups is 2. The molecule has 2 aliphatic heterocycles. The number of fused-ring (bicyclic) bond motifs is 2. The van der Waals surface area contributed by atoms with E-state index in [4.69, 9.17) is 37.4 Å². The smallest absolute Gasteiger partial charge is 0.328 e. The normalized spacial score (nSPS) is 18.6. The Morgan fingerprint density at radius 2 is 1.70 bits per heavy atom. The van der Waals surface area contributed by atoms with Gasteiger partial charge in [0.05, 0.1) is 28.9 Å². The van der Waals surface area contributed by atoms with Crippen LogP contribution in [0.1, 0.15) is 83.9 Å². The molecule has 1 fully saturated rings. The molecule has 3 aliphatic rings. The van der Waals surface area contributed by atoms with Crippen LogP contribution in [0, 0.1) is 13.8 Å². The highest BCUT2D eigenvalue weighted by Gasteiger charge is 2.42. The first-order valence-electron chi connectivity index (χ1n) is 20.9. The second-order valence-electron chi connectivity index (χ2n) is 16.3. The van der Waals surface area contributed by atoms with Crippen molar-refractivity contribution in [2.45, 2.75) is 96.2 Å². The average Bonchev–Trinajstić information content (AvgIpc) is 4.12. The lowest BCUT2D eigenvalue weighted by molar-refractivity contribution is -0.145. The second-order valence-corrected chi connectivity index (χ2v) is 17.2. The summed E-state index contributed by atoms with van der Waals surface area (Å²) < 4.78 is 18.4. The average molecular weight is 848 g/mol. The number of carbonyl (C=O) groups excluding carboxylic acids is 2. The third-order valence-electron chi connectivity index (χ3n) is 12.4. The molecule has 11 heteroatoms. The Kier molecular flexibility index (Phi) is 12.4. The third-order valence-corrected chi connectivity index (χ3v) is 13.1. The molecule has 0 saturated heterocycles. The summed E-state index contributed by atoms with van der Waals surface area (Å²) in [4.78, 5) is 36.4. The molecule has 60 heavy (non-hydrogen) atoms. The van der Waals surface area contributed by atoms with E-state index in [9.17, 15) is 9.59 Å². The van der Waals surface area contributed by atoms with Crippen molar-refractivity contribution in [2.75, 3.05) is 25.6 Å². The molecular formula is C49H52Cl2N4O5. The quantitative estimate of drug-likeness (QED) is 0.124. The first kappa shape index (κ1) is 41.6. The van der Waals surface area contributed by atoms with E-state index >= 15 is 0 Å². The maximum Gasteiger partial charge on any atom is 0.328 e. The van der Waals surface area contributed by atoms with Crippen LogP contribution in [0.4, 0.5) is 5.69 Å². The van der Waals surface area contributed by atoms with E-state index in [0.717, 1.165) is 94.1 Å². The van der Waals surface area contributed by atoms with Crippen LogP contribution in [-0.2, 0) is 33.7 Å². The summed E-state index contributed by atoms with van der Waals surface area (Å²) in [5.74, 6) is 0.997. The monoisotopic (exact) mass is 846 g/mol. The molecule has 1 aliphatic carbocycles. The number of aromatic nitrogens is 1. The largest absolute Gasteiger partial charge is 0.486 e. The minimum atomic E-state index is -0.819. The summed E-state index contributed by atoms with van der Waals surface area (Å²) in [6.45, 7) is 7.59. The fraction of sp³-hybridized carbons (Fsp3) is 0.367. The molecule has 0 bridgehead atoms. The van der Waals surface area contributed by atoms with Crippen LogP contribution in [0.5, 0.6) is 11.5 Å². The number of amides is 1. The molecule has 4 atom stereocenters. The van der Waals surface area contributed by atoms with Crippen molar-refractivity contribution in [1.29, 1.82) is 0 Å². The van der Waals surface area contributed by atoms with Crippen LogP contribution in [0.3, 0.4) is 0 Å². The van der Waals surface area contributed by atoms with E-state index in [1.165, 1.54) is 12.7 Å². The standard InChI is InChI=1S/C49H52Cl2N4O5/c1-6-45(34-13-18-40(50)41(51)24-34)59-38-16-11-33(12-17-38)46-20-22-54(4)43-25-35-26-44(55(37-14-15-37)28-36(35)27-47(43)60-46)48(56)53-42(49(57)58-5)23-31-7-9-32(10-8-31)39-19-21-52-30(3)29(39)2/h7-13,16-19,21,24-25,27,37,42,44-46H,6,14-15,20,22-23,26,28H2,1-5H3,(H,53,56)/t42-,44-,45+,46+/m0/s1. The third kappa shape index (κ3) is 8.99. The minimum Gasteiger partial charge on any atom is -0.486 e. The minimum absolute atomic E-state index is 0.144. The second kappa shape index (κ2) is 17.9. The van der Waals surface area contributed by atoms with Gasteiger partial charge in [0.1, 0.15) is 29.7 Å². The van der Waals surface area contributed by atoms with E-state index in [0.29, 0.717) is 35.5 Å². The number of nitrogens with one attached hydrogen (secondary N) is 1. The molecule has 8 rings (SSSR count). The van der Waals surface area contributed by atoms with Crippen LogP contribution in [-0.4, -0.2) is 60.6 Å². The molecule has 4 aromatic carbocycles. The number of hydrogen-bond acceptors (Lipinski definition) is 8. The Morgan fingerprint density at radius 1 is 0.933 bits per heavy atom. The molecule has 0 unspecified atom stereocenters. The Morgan fingerprint density at radius 3 is 2.40 bits per heavy atom. The number of pyridine rings is 1. The number of methoxy groups -OCH3 is 1. The molecule has 0 spiro atoms. The SMILES string of the molecule is CC[C@@H](Oc1ccc([C@H]2CCN(C)c3cc4c(cc3O2)CN(C2CC2)[C@H](C(=O)N[C@@H](Cc2ccc(-c3ccnc(C)c3C)cc2)C(=O)OC)C4)cc1)c1ccc(Cl)c(Cl)c1. The van der Waals surface area contributed by atoms with Gasteiger partial charge in [0.2, 0.25) is 5.91 Å². The molecule has 1 saturated carbocycles. The molecule has 1 amide bonds. The van der Waals surface area contributed by atoms with Gasteiger partial charge in [-0.1, -0.05) is 72.6 Å². The van der Waals surface area contributed by atoms with Gasteiger partial charge in [-0.15, -0.1) is 0 Å². The van der Waals surface area contributed by atoms with Crippen LogP contribution in [0.15, 0.2) is 91.1 Å². The molecule has 3 heterocycles. The number of rotatable bonds is 12. The number of esters is 1. The van der Waals surface area contributed by atoms with Crippen LogP contribution < -0.4 is 19.7 Å². The maximum absolute atomic E-state index is 14.3. The van der Waals surface area contributed by atoms with E-state index in [1.54, 1.807) is 6.07 Å². The Bertz CT molecular complexity index is 2370. The predicted octanol–water partition coefficient (Wildman–Crippen LogP) is 9.95. The Labute approximate surface area is 363 Å². The number of hydrogen-bond donors (Lipinski definition) is 1. The van der Waals surface area contributed by atoms with E-state index in [1.807, 2.05) is 55.6 Å². The summed E-state index contributed by atoms with van der Waals surface area (Å²) in [6, 6.07) is 27.4. The predicted molar refractivity (Wildman–Crippen MR) is 237 cm³/mol. The van der Waals surface area contributed by atoms with Gasteiger partial charge in [-0.2, -0.15) is 0 Å². The summed E-state index contributed by atoms with van der Waals surface area (Å²) >= 11 is 12.5. The Balaban J connectivity index is 0.966. The van der Waals surface area contributed by atoms with Gasteiger partial charge in [-0.25, -0.2) is 4.79 Å². The maximum atomic E-state index is 14.3. The zero-order valence-corrected chi connectivity index (χ0v) is 36.4. The van der Waals surface area contributed by atoms with Crippen LogP contribution >= 0.6 is 23.2 Å². The molecular weight excluding hydrogens is 795 g/mol. The van der Waals surface area contributed by atoms with E-state index in [-0.39, 0.29) is 18.1 Å². The molecule has 9 nitrogen and oxygen atoms in total. The molecule has 1 N–H and O–H groups in total. The summed E-state index contributed by atoms with van der Waals surface area (Å²) in [5.41, 5.74) is 10.6. The van der Waals surface area contributed by atoms with Crippen molar-refractivity contribution in [1.82, 2.24) is 15.2 Å². The van der Waals surface area contributed by atoms with Crippen molar-refractivity contribution in [3.63, 3.8) is 0 Å². The fourth-order valence-electron chi connectivity index (χ4n) is 8.57. The van der Waals surface area contributed by atoms with Gasteiger partial charge in [0.25, 0.3) is 0 Å².